The van der Waals surface area contributed by atoms with E-state index in [-0.39, 0.29) is 5.92 Å². The van der Waals surface area contributed by atoms with E-state index in [2.05, 4.69) is 32.1 Å². The van der Waals surface area contributed by atoms with Crippen LogP contribution in [0.25, 0.3) is 0 Å². The van der Waals surface area contributed by atoms with Crippen LogP contribution in [0.5, 0.6) is 0 Å². The molecule has 0 saturated heterocycles. The van der Waals surface area contributed by atoms with Crippen molar-refractivity contribution in [1.29, 1.82) is 0 Å². The first-order valence-electron chi connectivity index (χ1n) is 5.44. The molecule has 0 atom stereocenters. The molecular formula is C12H14ClN3S. The SMILES string of the molecule is CC(C)c1nc(Cl)cc(NCc2ccsc2)n1. The van der Waals surface area contributed by atoms with Crippen LogP contribution in [0, 0.1) is 0 Å². The van der Waals surface area contributed by atoms with Crippen molar-refractivity contribution in [3.05, 3.63) is 39.4 Å². The van der Waals surface area contributed by atoms with Crippen molar-refractivity contribution in [2.24, 2.45) is 0 Å². The Kier molecular flexibility index (Phi) is 3.97. The average molecular weight is 268 g/mol. The lowest BCUT2D eigenvalue weighted by molar-refractivity contribution is 0.774. The lowest BCUT2D eigenvalue weighted by atomic mass is 10.2. The minimum atomic E-state index is 0.274. The molecule has 0 aliphatic carbocycles. The summed E-state index contributed by atoms with van der Waals surface area (Å²) in [4.78, 5) is 8.62. The normalized spacial score (nSPS) is 10.8. The van der Waals surface area contributed by atoms with Crippen LogP contribution in [0.15, 0.2) is 22.9 Å². The summed E-state index contributed by atoms with van der Waals surface area (Å²) < 4.78 is 0. The van der Waals surface area contributed by atoms with Gasteiger partial charge in [-0.3, -0.25) is 0 Å². The Morgan fingerprint density at radius 2 is 2.24 bits per heavy atom. The van der Waals surface area contributed by atoms with E-state index >= 15 is 0 Å². The second-order valence-corrected chi connectivity index (χ2v) is 5.24. The molecule has 0 spiro atoms. The number of hydrogen-bond donors (Lipinski definition) is 1. The molecule has 2 aromatic heterocycles. The molecule has 1 N–H and O–H groups in total. The van der Waals surface area contributed by atoms with E-state index in [4.69, 9.17) is 11.6 Å². The van der Waals surface area contributed by atoms with Gasteiger partial charge in [0.1, 0.15) is 16.8 Å². The first-order valence-corrected chi connectivity index (χ1v) is 6.76. The molecule has 3 nitrogen and oxygen atoms in total. The van der Waals surface area contributed by atoms with E-state index in [1.54, 1.807) is 17.4 Å². The molecule has 90 valence electrons. The van der Waals surface area contributed by atoms with Gasteiger partial charge >= 0.3 is 0 Å². The Hall–Kier alpha value is -1.13. The number of nitrogens with zero attached hydrogens (tertiary/aromatic N) is 2. The highest BCUT2D eigenvalue weighted by molar-refractivity contribution is 7.07. The van der Waals surface area contributed by atoms with Crippen LogP contribution in [0.3, 0.4) is 0 Å². The van der Waals surface area contributed by atoms with Crippen LogP contribution in [0.2, 0.25) is 5.15 Å². The van der Waals surface area contributed by atoms with E-state index in [0.717, 1.165) is 18.2 Å². The average Bonchev–Trinajstić information content (AvgIpc) is 2.78. The van der Waals surface area contributed by atoms with Crippen molar-refractivity contribution in [3.63, 3.8) is 0 Å². The molecule has 17 heavy (non-hydrogen) atoms. The highest BCUT2D eigenvalue weighted by Gasteiger charge is 2.06. The minimum absolute atomic E-state index is 0.274. The summed E-state index contributed by atoms with van der Waals surface area (Å²) in [5.74, 6) is 1.82. The van der Waals surface area contributed by atoms with Gasteiger partial charge in [0.05, 0.1) is 0 Å². The lowest BCUT2D eigenvalue weighted by Gasteiger charge is -2.08. The molecule has 2 aromatic rings. The molecule has 0 aliphatic heterocycles. The Morgan fingerprint density at radius 1 is 1.41 bits per heavy atom. The summed E-state index contributed by atoms with van der Waals surface area (Å²) in [5.41, 5.74) is 1.25. The smallest absolute Gasteiger partial charge is 0.135 e. The van der Waals surface area contributed by atoms with Gasteiger partial charge in [-0.05, 0) is 22.4 Å². The molecule has 5 heteroatoms. The Morgan fingerprint density at radius 3 is 2.88 bits per heavy atom. The van der Waals surface area contributed by atoms with Gasteiger partial charge in [-0.15, -0.1) is 0 Å². The number of aromatic nitrogens is 2. The number of halogens is 1. The molecule has 0 amide bonds. The predicted molar refractivity (Wildman–Crippen MR) is 72.8 cm³/mol. The lowest BCUT2D eigenvalue weighted by Crippen LogP contribution is -2.05. The molecule has 0 fully saturated rings. The number of hydrogen-bond acceptors (Lipinski definition) is 4. The van der Waals surface area contributed by atoms with E-state index in [1.807, 2.05) is 13.8 Å². The number of nitrogens with one attached hydrogen (secondary N) is 1. The van der Waals surface area contributed by atoms with Crippen LogP contribution < -0.4 is 5.32 Å². The molecule has 0 bridgehead atoms. The maximum Gasteiger partial charge on any atom is 0.135 e. The van der Waals surface area contributed by atoms with Crippen molar-refractivity contribution < 1.29 is 0 Å². The third-order valence-electron chi connectivity index (χ3n) is 2.28. The van der Waals surface area contributed by atoms with Crippen molar-refractivity contribution in [3.8, 4) is 0 Å². The van der Waals surface area contributed by atoms with Crippen LogP contribution in [-0.2, 0) is 6.54 Å². The van der Waals surface area contributed by atoms with Crippen LogP contribution in [-0.4, -0.2) is 9.97 Å². The summed E-state index contributed by atoms with van der Waals surface area (Å²) in [6.45, 7) is 4.86. The summed E-state index contributed by atoms with van der Waals surface area (Å²) >= 11 is 7.65. The summed E-state index contributed by atoms with van der Waals surface area (Å²) in [6.07, 6.45) is 0. The molecule has 0 saturated carbocycles. The summed E-state index contributed by atoms with van der Waals surface area (Å²) in [7, 11) is 0. The Labute approximate surface area is 110 Å². The molecular weight excluding hydrogens is 254 g/mol. The fourth-order valence-electron chi connectivity index (χ4n) is 1.37. The summed E-state index contributed by atoms with van der Waals surface area (Å²) in [5, 5.41) is 7.91. The zero-order valence-corrected chi connectivity index (χ0v) is 11.3. The van der Waals surface area contributed by atoms with Crippen molar-refractivity contribution in [1.82, 2.24) is 9.97 Å². The standard InChI is InChI=1S/C12H14ClN3S/c1-8(2)12-15-10(13)5-11(16-12)14-6-9-3-4-17-7-9/h3-5,7-8H,6H2,1-2H3,(H,14,15,16). The Bertz CT molecular complexity index is 483. The maximum absolute atomic E-state index is 5.97. The van der Waals surface area contributed by atoms with Gasteiger partial charge in [0.2, 0.25) is 0 Å². The summed E-state index contributed by atoms with van der Waals surface area (Å²) in [6, 6.07) is 3.84. The van der Waals surface area contributed by atoms with Gasteiger partial charge in [0, 0.05) is 18.5 Å². The number of thiophene rings is 1. The number of rotatable bonds is 4. The van der Waals surface area contributed by atoms with Gasteiger partial charge in [-0.2, -0.15) is 11.3 Å². The van der Waals surface area contributed by atoms with Crippen molar-refractivity contribution in [2.45, 2.75) is 26.3 Å². The van der Waals surface area contributed by atoms with Crippen LogP contribution in [0.4, 0.5) is 5.82 Å². The van der Waals surface area contributed by atoms with Gasteiger partial charge in [-0.25, -0.2) is 9.97 Å². The molecule has 0 aromatic carbocycles. The molecule has 0 aliphatic rings. The topological polar surface area (TPSA) is 37.8 Å². The zero-order chi connectivity index (χ0) is 12.3. The van der Waals surface area contributed by atoms with Gasteiger partial charge < -0.3 is 5.32 Å². The maximum atomic E-state index is 5.97. The highest BCUT2D eigenvalue weighted by Crippen LogP contribution is 2.17. The minimum Gasteiger partial charge on any atom is -0.366 e. The third-order valence-corrected chi connectivity index (χ3v) is 3.21. The fourth-order valence-corrected chi connectivity index (χ4v) is 2.23. The van der Waals surface area contributed by atoms with E-state index < -0.39 is 0 Å². The largest absolute Gasteiger partial charge is 0.366 e. The Balaban J connectivity index is 2.10. The van der Waals surface area contributed by atoms with Crippen molar-refractivity contribution in [2.75, 3.05) is 5.32 Å². The first-order chi connectivity index (χ1) is 8.15. The molecule has 2 heterocycles. The van der Waals surface area contributed by atoms with Crippen LogP contribution >= 0.6 is 22.9 Å². The van der Waals surface area contributed by atoms with E-state index in [1.165, 1.54) is 5.56 Å². The number of anilines is 1. The van der Waals surface area contributed by atoms with Gasteiger partial charge in [-0.1, -0.05) is 25.4 Å². The quantitative estimate of drug-likeness (QED) is 0.853. The molecule has 0 unspecified atom stereocenters. The van der Waals surface area contributed by atoms with E-state index in [9.17, 15) is 0 Å². The molecule has 2 rings (SSSR count). The second kappa shape index (κ2) is 5.47. The predicted octanol–water partition coefficient (Wildman–Crippen LogP) is 3.93. The second-order valence-electron chi connectivity index (χ2n) is 4.07. The monoisotopic (exact) mass is 267 g/mol. The highest BCUT2D eigenvalue weighted by atomic mass is 35.5. The first kappa shape index (κ1) is 12.3. The third kappa shape index (κ3) is 3.41. The van der Waals surface area contributed by atoms with Crippen LogP contribution in [0.1, 0.15) is 31.2 Å². The fraction of sp³-hybridized carbons (Fsp3) is 0.333. The zero-order valence-electron chi connectivity index (χ0n) is 9.77. The van der Waals surface area contributed by atoms with Gasteiger partial charge in [0.25, 0.3) is 0 Å². The molecule has 0 radical (unpaired) electrons. The van der Waals surface area contributed by atoms with Crippen molar-refractivity contribution >= 4 is 28.8 Å². The van der Waals surface area contributed by atoms with E-state index in [0.29, 0.717) is 5.15 Å². The van der Waals surface area contributed by atoms with Gasteiger partial charge in [0.15, 0.2) is 0 Å².